The van der Waals surface area contributed by atoms with Gasteiger partial charge in [0.05, 0.1) is 0 Å². The molecule has 6 heteroatoms. The molecule has 386 valence electrons. The Balaban J connectivity index is 4.56. The number of rotatable bonds is 47. The molecule has 0 aliphatic carbocycles. The van der Waals surface area contributed by atoms with Gasteiger partial charge in [0.1, 0.15) is 13.2 Å². The third kappa shape index (κ3) is 54.1. The van der Waals surface area contributed by atoms with E-state index in [4.69, 9.17) is 14.2 Å². The van der Waals surface area contributed by atoms with Crippen LogP contribution in [-0.2, 0) is 28.6 Å². The molecule has 0 N–H and O–H groups in total. The summed E-state index contributed by atoms with van der Waals surface area (Å²) >= 11 is 0. The molecule has 6 nitrogen and oxygen atoms in total. The van der Waals surface area contributed by atoms with Gasteiger partial charge in [0.25, 0.3) is 0 Å². The lowest BCUT2D eigenvalue weighted by Gasteiger charge is -2.18. The zero-order valence-electron chi connectivity index (χ0n) is 44.0. The van der Waals surface area contributed by atoms with Crippen molar-refractivity contribution in [1.29, 1.82) is 0 Å². The molecule has 69 heavy (non-hydrogen) atoms. The number of hydrogen-bond acceptors (Lipinski definition) is 6. The van der Waals surface area contributed by atoms with Gasteiger partial charge in [-0.3, -0.25) is 14.4 Å². The number of hydrogen-bond donors (Lipinski definition) is 0. The van der Waals surface area contributed by atoms with Crippen LogP contribution in [0.25, 0.3) is 0 Å². The van der Waals surface area contributed by atoms with Crippen molar-refractivity contribution >= 4 is 17.9 Å². The van der Waals surface area contributed by atoms with Crippen molar-refractivity contribution < 1.29 is 28.6 Å². The molecule has 0 heterocycles. The van der Waals surface area contributed by atoms with Crippen LogP contribution in [0, 0.1) is 0 Å². The summed E-state index contributed by atoms with van der Waals surface area (Å²) in [6.45, 7) is 6.26. The maximum absolute atomic E-state index is 12.8. The van der Waals surface area contributed by atoms with E-state index in [0.29, 0.717) is 19.3 Å². The third-order valence-corrected chi connectivity index (χ3v) is 10.8. The summed E-state index contributed by atoms with van der Waals surface area (Å²) in [5.74, 6) is -1.00. The molecule has 0 aromatic rings. The van der Waals surface area contributed by atoms with Crippen molar-refractivity contribution in [2.24, 2.45) is 0 Å². The van der Waals surface area contributed by atoms with E-state index < -0.39 is 6.10 Å². The molecule has 0 saturated heterocycles. The van der Waals surface area contributed by atoms with E-state index in [-0.39, 0.29) is 37.5 Å². The summed E-state index contributed by atoms with van der Waals surface area (Å²) < 4.78 is 16.8. The van der Waals surface area contributed by atoms with Crippen molar-refractivity contribution in [1.82, 2.24) is 0 Å². The van der Waals surface area contributed by atoms with E-state index in [2.05, 4.69) is 167 Å². The molecule has 0 fully saturated rings. The van der Waals surface area contributed by atoms with E-state index in [9.17, 15) is 14.4 Å². The maximum Gasteiger partial charge on any atom is 0.306 e. The van der Waals surface area contributed by atoms with Gasteiger partial charge in [0.2, 0.25) is 0 Å². The molecule has 0 rings (SSSR count). The van der Waals surface area contributed by atoms with E-state index in [0.717, 1.165) is 161 Å². The van der Waals surface area contributed by atoms with Crippen molar-refractivity contribution in [2.75, 3.05) is 13.2 Å². The van der Waals surface area contributed by atoms with E-state index in [1.54, 1.807) is 0 Å². The molecule has 0 bridgehead atoms. The molecule has 0 aliphatic rings. The van der Waals surface area contributed by atoms with Gasteiger partial charge in [-0.15, -0.1) is 0 Å². The predicted octanol–water partition coefficient (Wildman–Crippen LogP) is 18.4. The second-order valence-corrected chi connectivity index (χ2v) is 17.4. The third-order valence-electron chi connectivity index (χ3n) is 10.8. The average Bonchev–Trinajstić information content (AvgIpc) is 3.35. The monoisotopic (exact) mass is 951 g/mol. The van der Waals surface area contributed by atoms with Crippen LogP contribution in [0.1, 0.15) is 213 Å². The summed E-state index contributed by atoms with van der Waals surface area (Å²) in [6, 6.07) is 0. The normalized spacial score (nSPS) is 13.3. The second-order valence-electron chi connectivity index (χ2n) is 17.4. The second kappa shape index (κ2) is 55.9. The Morgan fingerprint density at radius 2 is 0.565 bits per heavy atom. The minimum Gasteiger partial charge on any atom is -0.462 e. The molecule has 0 aromatic carbocycles. The Hall–Kier alpha value is -4.71. The quantitative estimate of drug-likeness (QED) is 0.0262. The van der Waals surface area contributed by atoms with Crippen LogP contribution >= 0.6 is 0 Å². The van der Waals surface area contributed by atoms with Crippen LogP contribution in [0.3, 0.4) is 0 Å². The number of unbranched alkanes of at least 4 members (excludes halogenated alkanes) is 12. The van der Waals surface area contributed by atoms with Gasteiger partial charge in [-0.2, -0.15) is 0 Å². The van der Waals surface area contributed by atoms with E-state index >= 15 is 0 Å². The highest BCUT2D eigenvalue weighted by molar-refractivity contribution is 5.71. The summed E-state index contributed by atoms with van der Waals surface area (Å²) in [5, 5.41) is 0. The molecular formula is C63H98O6. The molecule has 0 saturated carbocycles. The minimum atomic E-state index is -0.822. The number of carbonyl (C=O) groups excluding carboxylic acids is 3. The van der Waals surface area contributed by atoms with E-state index in [1.807, 2.05) is 0 Å². The van der Waals surface area contributed by atoms with Crippen LogP contribution in [-0.4, -0.2) is 37.2 Å². The molecular weight excluding hydrogens is 853 g/mol. The molecule has 0 amide bonds. The number of esters is 3. The first kappa shape index (κ1) is 64.3. The van der Waals surface area contributed by atoms with Crippen molar-refractivity contribution in [3.05, 3.63) is 146 Å². The highest BCUT2D eigenvalue weighted by atomic mass is 16.6. The highest BCUT2D eigenvalue weighted by Gasteiger charge is 2.19. The fourth-order valence-corrected chi connectivity index (χ4v) is 6.77. The first-order valence-corrected chi connectivity index (χ1v) is 27.3. The van der Waals surface area contributed by atoms with Gasteiger partial charge in [-0.05, 0) is 135 Å². The SMILES string of the molecule is CC/C=C\C/C=C\C/C=C\C/C=C\C/C=C\CCCCCC(=O)OCC(COC(=O)CCCCCCC/C=C\C/C=C\CCC)OC(=O)CCCCC/C=C\C/C=C\C/C=C\C/C=C\C/C=C\CC. The minimum absolute atomic E-state index is 0.116. The summed E-state index contributed by atoms with van der Waals surface area (Å²) in [4.78, 5) is 38.1. The van der Waals surface area contributed by atoms with Crippen molar-refractivity contribution in [3.8, 4) is 0 Å². The first-order chi connectivity index (χ1) is 34.0. The lowest BCUT2D eigenvalue weighted by Crippen LogP contribution is -2.30. The smallest absolute Gasteiger partial charge is 0.306 e. The van der Waals surface area contributed by atoms with Gasteiger partial charge in [0, 0.05) is 19.3 Å². The number of carbonyl (C=O) groups is 3. The molecule has 0 radical (unpaired) electrons. The van der Waals surface area contributed by atoms with Gasteiger partial charge >= 0.3 is 17.9 Å². The standard InChI is InChI=1S/C63H98O6/c1-4-7-10-13-16-19-22-25-27-29-31-33-35-38-41-44-47-50-53-56-62(65)68-59-60(58-67-61(64)55-52-49-46-43-40-37-24-21-18-15-12-9-6-3)69-63(66)57-54-51-48-45-42-39-36-34-32-30-28-26-23-20-17-14-11-8-5-2/h7-8,10-12,15-17,19-21,24-28,31-34,38-39,41-42,60H,4-6,9,13-14,18,22-23,29-30,35-37,40,43-59H2,1-3H3/b10-7-,11-8-,15-12-,19-16-,20-17-,24-21-,27-25-,28-26-,33-31-,34-32-,41-38-,42-39-. The van der Waals surface area contributed by atoms with Gasteiger partial charge in [-0.25, -0.2) is 0 Å². The van der Waals surface area contributed by atoms with Crippen LogP contribution < -0.4 is 0 Å². The molecule has 0 spiro atoms. The lowest BCUT2D eigenvalue weighted by molar-refractivity contribution is -0.167. The number of allylic oxidation sites excluding steroid dienone is 24. The fourth-order valence-electron chi connectivity index (χ4n) is 6.77. The number of ether oxygens (including phenoxy) is 3. The van der Waals surface area contributed by atoms with Gasteiger partial charge in [0.15, 0.2) is 6.10 Å². The first-order valence-electron chi connectivity index (χ1n) is 27.3. The van der Waals surface area contributed by atoms with Crippen LogP contribution in [0.4, 0.5) is 0 Å². The Kier molecular flexibility index (Phi) is 52.1. The Morgan fingerprint density at radius 3 is 0.899 bits per heavy atom. The molecule has 1 unspecified atom stereocenters. The Labute approximate surface area is 423 Å². The summed E-state index contributed by atoms with van der Waals surface area (Å²) in [7, 11) is 0. The van der Waals surface area contributed by atoms with Crippen LogP contribution in [0.15, 0.2) is 146 Å². The zero-order chi connectivity index (χ0) is 50.0. The lowest BCUT2D eigenvalue weighted by atomic mass is 10.1. The van der Waals surface area contributed by atoms with Crippen molar-refractivity contribution in [3.63, 3.8) is 0 Å². The van der Waals surface area contributed by atoms with E-state index in [1.165, 1.54) is 6.42 Å². The molecule has 0 aromatic heterocycles. The van der Waals surface area contributed by atoms with Crippen LogP contribution in [0.2, 0.25) is 0 Å². The average molecular weight is 951 g/mol. The maximum atomic E-state index is 12.8. The van der Waals surface area contributed by atoms with Crippen molar-refractivity contribution in [2.45, 2.75) is 219 Å². The largest absolute Gasteiger partial charge is 0.462 e. The topological polar surface area (TPSA) is 78.9 Å². The molecule has 0 aliphatic heterocycles. The summed E-state index contributed by atoms with van der Waals surface area (Å²) in [5.41, 5.74) is 0. The Morgan fingerprint density at radius 1 is 0.304 bits per heavy atom. The highest BCUT2D eigenvalue weighted by Crippen LogP contribution is 2.12. The van der Waals surface area contributed by atoms with Gasteiger partial charge < -0.3 is 14.2 Å². The fraction of sp³-hybridized carbons (Fsp3) is 0.571. The van der Waals surface area contributed by atoms with Crippen LogP contribution in [0.5, 0.6) is 0 Å². The summed E-state index contributed by atoms with van der Waals surface area (Å²) in [6.07, 6.45) is 79.7. The zero-order valence-corrected chi connectivity index (χ0v) is 44.0. The molecule has 1 atom stereocenters. The van der Waals surface area contributed by atoms with Gasteiger partial charge in [-0.1, -0.05) is 205 Å². The Bertz CT molecular complexity index is 1560. The predicted molar refractivity (Wildman–Crippen MR) is 297 cm³/mol.